The fraction of sp³-hybridized carbons (Fsp3) is 0.632. The van der Waals surface area contributed by atoms with Crippen LogP contribution in [0.4, 0.5) is 0 Å². The Balaban J connectivity index is 0.00000784. The van der Waals surface area contributed by atoms with Crippen molar-refractivity contribution in [1.82, 2.24) is 19.8 Å². The Kier molecular flexibility index (Phi) is 14.5. The first kappa shape index (κ1) is 28.1. The van der Waals surface area contributed by atoms with Crippen LogP contribution in [0.2, 0.25) is 0 Å². The Labute approximate surface area is 193 Å². The molecule has 0 spiro atoms. The van der Waals surface area contributed by atoms with Crippen LogP contribution in [0.5, 0.6) is 0 Å². The Morgan fingerprint density at radius 3 is 2.31 bits per heavy atom. The molecular formula is C19H36IN5O3S. The normalized spacial score (nSPS) is 12.2. The molecule has 0 radical (unpaired) electrons. The molecule has 0 fully saturated rings. The number of aliphatic imine (C=N–C) groups is 1. The number of methoxy groups -OCH3 is 1. The lowest BCUT2D eigenvalue weighted by Gasteiger charge is -2.18. The summed E-state index contributed by atoms with van der Waals surface area (Å²) in [5.74, 6) is 0.748. The zero-order chi connectivity index (χ0) is 21.0. The summed E-state index contributed by atoms with van der Waals surface area (Å²) in [5.41, 5.74) is 0.951. The highest BCUT2D eigenvalue weighted by Gasteiger charge is 2.16. The van der Waals surface area contributed by atoms with E-state index in [9.17, 15) is 8.42 Å². The van der Waals surface area contributed by atoms with Crippen molar-refractivity contribution in [3.05, 3.63) is 29.8 Å². The Bertz CT molecular complexity index is 696. The molecule has 0 aliphatic carbocycles. The van der Waals surface area contributed by atoms with Crippen LogP contribution >= 0.6 is 24.0 Å². The van der Waals surface area contributed by atoms with Crippen LogP contribution in [0.1, 0.15) is 18.9 Å². The van der Waals surface area contributed by atoms with E-state index >= 15 is 0 Å². The van der Waals surface area contributed by atoms with Crippen LogP contribution in [-0.2, 0) is 21.3 Å². The second kappa shape index (κ2) is 14.9. The Hall–Kier alpha value is -0.950. The van der Waals surface area contributed by atoms with E-state index in [4.69, 9.17) is 4.74 Å². The minimum Gasteiger partial charge on any atom is -0.385 e. The molecule has 0 saturated heterocycles. The van der Waals surface area contributed by atoms with Crippen molar-refractivity contribution in [1.29, 1.82) is 0 Å². The molecule has 1 aromatic carbocycles. The number of benzene rings is 1. The smallest absolute Gasteiger partial charge is 0.242 e. The summed E-state index contributed by atoms with van der Waals surface area (Å²) in [5, 5.41) is 6.55. The SMILES string of the molecule is CCNC(=NCc1ccc(S(=O)(=O)N(C)C)cc1)NCCN(C)CCCOC.I. The van der Waals surface area contributed by atoms with E-state index in [1.165, 1.54) is 18.4 Å². The van der Waals surface area contributed by atoms with E-state index < -0.39 is 10.0 Å². The quantitative estimate of drug-likeness (QED) is 0.181. The number of nitrogens with one attached hydrogen (secondary N) is 2. The average molecular weight is 542 g/mol. The number of rotatable bonds is 12. The number of hydrogen-bond donors (Lipinski definition) is 2. The number of ether oxygens (including phenoxy) is 1. The molecule has 0 unspecified atom stereocenters. The first-order valence-corrected chi connectivity index (χ1v) is 11.0. The maximum Gasteiger partial charge on any atom is 0.242 e. The lowest BCUT2D eigenvalue weighted by atomic mass is 10.2. The van der Waals surface area contributed by atoms with E-state index in [0.717, 1.165) is 50.7 Å². The summed E-state index contributed by atoms with van der Waals surface area (Å²) in [7, 11) is 3.45. The summed E-state index contributed by atoms with van der Waals surface area (Å²) in [6.45, 7) is 6.73. The van der Waals surface area contributed by atoms with Crippen molar-refractivity contribution in [3.8, 4) is 0 Å². The van der Waals surface area contributed by atoms with Gasteiger partial charge in [0, 0.05) is 54.0 Å². The van der Waals surface area contributed by atoms with Gasteiger partial charge in [-0.15, -0.1) is 24.0 Å². The van der Waals surface area contributed by atoms with Gasteiger partial charge in [0.1, 0.15) is 0 Å². The fourth-order valence-corrected chi connectivity index (χ4v) is 3.35. The van der Waals surface area contributed by atoms with Gasteiger partial charge in [-0.05, 0) is 38.1 Å². The molecule has 168 valence electrons. The maximum atomic E-state index is 12.1. The lowest BCUT2D eigenvalue weighted by Crippen LogP contribution is -2.41. The van der Waals surface area contributed by atoms with Crippen LogP contribution in [0.3, 0.4) is 0 Å². The van der Waals surface area contributed by atoms with Gasteiger partial charge in [0.05, 0.1) is 11.4 Å². The fourth-order valence-electron chi connectivity index (χ4n) is 2.45. The van der Waals surface area contributed by atoms with Crippen molar-refractivity contribution < 1.29 is 13.2 Å². The molecule has 0 atom stereocenters. The van der Waals surface area contributed by atoms with Gasteiger partial charge < -0.3 is 20.3 Å². The number of likely N-dealkylation sites (N-methyl/N-ethyl adjacent to an activating group) is 1. The van der Waals surface area contributed by atoms with Crippen LogP contribution in [0.25, 0.3) is 0 Å². The third kappa shape index (κ3) is 10.6. The van der Waals surface area contributed by atoms with E-state index in [-0.39, 0.29) is 28.9 Å². The summed E-state index contributed by atoms with van der Waals surface area (Å²) >= 11 is 0. The van der Waals surface area contributed by atoms with Gasteiger partial charge in [0.2, 0.25) is 10.0 Å². The lowest BCUT2D eigenvalue weighted by molar-refractivity contribution is 0.180. The molecule has 0 aliphatic rings. The minimum absolute atomic E-state index is 0. The molecule has 0 heterocycles. The Morgan fingerprint density at radius 2 is 1.76 bits per heavy atom. The molecule has 0 saturated carbocycles. The summed E-state index contributed by atoms with van der Waals surface area (Å²) < 4.78 is 30.5. The van der Waals surface area contributed by atoms with E-state index in [2.05, 4.69) is 27.6 Å². The number of nitrogens with zero attached hydrogens (tertiary/aromatic N) is 3. The standard InChI is InChI=1S/C19H35N5O3S.HI/c1-6-20-19(21-12-14-24(4)13-7-15-27-5)22-16-17-8-10-18(11-9-17)28(25,26)23(2)3;/h8-11H,6-7,12-16H2,1-5H3,(H2,20,21,22);1H. The van der Waals surface area contributed by atoms with Crippen molar-refractivity contribution in [2.45, 2.75) is 24.8 Å². The summed E-state index contributed by atoms with van der Waals surface area (Å²) in [4.78, 5) is 7.11. The first-order valence-electron chi connectivity index (χ1n) is 9.52. The van der Waals surface area contributed by atoms with Gasteiger partial charge in [0.15, 0.2) is 5.96 Å². The molecule has 0 aromatic heterocycles. The predicted molar refractivity (Wildman–Crippen MR) is 130 cm³/mol. The second-order valence-electron chi connectivity index (χ2n) is 6.70. The van der Waals surface area contributed by atoms with Crippen LogP contribution in [-0.4, -0.2) is 84.6 Å². The zero-order valence-corrected chi connectivity index (χ0v) is 21.3. The molecule has 1 aromatic rings. The van der Waals surface area contributed by atoms with Crippen molar-refractivity contribution in [3.63, 3.8) is 0 Å². The molecule has 0 bridgehead atoms. The van der Waals surface area contributed by atoms with Crippen LogP contribution < -0.4 is 10.6 Å². The molecule has 2 N–H and O–H groups in total. The summed E-state index contributed by atoms with van der Waals surface area (Å²) in [6, 6.07) is 6.84. The number of halogens is 1. The molecule has 10 heteroatoms. The van der Waals surface area contributed by atoms with Gasteiger partial charge in [-0.1, -0.05) is 12.1 Å². The molecule has 0 aliphatic heterocycles. The predicted octanol–water partition coefficient (Wildman–Crippen LogP) is 1.58. The number of guanidine groups is 1. The Morgan fingerprint density at radius 1 is 1.10 bits per heavy atom. The molecule has 29 heavy (non-hydrogen) atoms. The molecule has 1 rings (SSSR count). The van der Waals surface area contributed by atoms with Crippen molar-refractivity contribution >= 4 is 40.0 Å². The van der Waals surface area contributed by atoms with Crippen LogP contribution in [0, 0.1) is 0 Å². The number of sulfonamides is 1. The van der Waals surface area contributed by atoms with Crippen molar-refractivity contribution in [2.24, 2.45) is 4.99 Å². The first-order chi connectivity index (χ1) is 13.3. The second-order valence-corrected chi connectivity index (χ2v) is 8.85. The highest BCUT2D eigenvalue weighted by atomic mass is 127. The van der Waals surface area contributed by atoms with Gasteiger partial charge in [-0.25, -0.2) is 17.7 Å². The highest BCUT2D eigenvalue weighted by molar-refractivity contribution is 14.0. The molecular weight excluding hydrogens is 505 g/mol. The van der Waals surface area contributed by atoms with Crippen molar-refractivity contribution in [2.75, 3.05) is 61.0 Å². The van der Waals surface area contributed by atoms with Gasteiger partial charge >= 0.3 is 0 Å². The zero-order valence-electron chi connectivity index (χ0n) is 18.1. The van der Waals surface area contributed by atoms with E-state index in [0.29, 0.717) is 6.54 Å². The third-order valence-electron chi connectivity index (χ3n) is 4.14. The van der Waals surface area contributed by atoms with E-state index in [1.54, 1.807) is 31.4 Å². The molecule has 0 amide bonds. The van der Waals surface area contributed by atoms with Gasteiger partial charge in [-0.3, -0.25) is 0 Å². The maximum absolute atomic E-state index is 12.1. The minimum atomic E-state index is -3.40. The van der Waals surface area contributed by atoms with Gasteiger partial charge in [-0.2, -0.15) is 0 Å². The van der Waals surface area contributed by atoms with E-state index in [1.807, 2.05) is 6.92 Å². The van der Waals surface area contributed by atoms with Crippen LogP contribution in [0.15, 0.2) is 34.2 Å². The topological polar surface area (TPSA) is 86.3 Å². The number of hydrogen-bond acceptors (Lipinski definition) is 5. The molecule has 8 nitrogen and oxygen atoms in total. The average Bonchev–Trinajstić information content (AvgIpc) is 2.66. The third-order valence-corrected chi connectivity index (χ3v) is 5.97. The highest BCUT2D eigenvalue weighted by Crippen LogP contribution is 2.14. The van der Waals surface area contributed by atoms with Gasteiger partial charge in [0.25, 0.3) is 0 Å². The monoisotopic (exact) mass is 541 g/mol. The largest absolute Gasteiger partial charge is 0.385 e. The summed E-state index contributed by atoms with van der Waals surface area (Å²) in [6.07, 6.45) is 1.01.